The van der Waals surface area contributed by atoms with Gasteiger partial charge in [0, 0.05) is 43.2 Å². The van der Waals surface area contributed by atoms with Crippen LogP contribution in [0.15, 0.2) is 16.9 Å². The van der Waals surface area contributed by atoms with E-state index in [4.69, 9.17) is 5.73 Å². The van der Waals surface area contributed by atoms with Gasteiger partial charge in [0.2, 0.25) is 0 Å². The molecule has 1 atom stereocenters. The number of hydrogen-bond acceptors (Lipinski definition) is 4. The molecule has 2 heterocycles. The third kappa shape index (κ3) is 2.64. The SMILES string of the molecule is CNC1CCN(c2c(F)cc3c(CN)cc(=O)n(C4CC4)c3c2C)C1. The first-order chi connectivity index (χ1) is 12.0. The molecule has 1 aliphatic heterocycles. The number of fused-ring (bicyclic) bond motifs is 1. The molecule has 1 saturated heterocycles. The van der Waals surface area contributed by atoms with Crippen LogP contribution in [-0.2, 0) is 6.54 Å². The van der Waals surface area contributed by atoms with E-state index in [9.17, 15) is 4.79 Å². The maximum absolute atomic E-state index is 15.0. The van der Waals surface area contributed by atoms with E-state index < -0.39 is 0 Å². The van der Waals surface area contributed by atoms with Crippen molar-refractivity contribution >= 4 is 16.6 Å². The summed E-state index contributed by atoms with van der Waals surface area (Å²) >= 11 is 0. The summed E-state index contributed by atoms with van der Waals surface area (Å²) in [6.07, 6.45) is 3.01. The molecule has 1 aliphatic carbocycles. The number of nitrogens with one attached hydrogen (secondary N) is 1. The summed E-state index contributed by atoms with van der Waals surface area (Å²) in [5.74, 6) is -0.225. The summed E-state index contributed by atoms with van der Waals surface area (Å²) in [4.78, 5) is 14.8. The molecule has 134 valence electrons. The van der Waals surface area contributed by atoms with Crippen molar-refractivity contribution in [2.24, 2.45) is 5.73 Å². The van der Waals surface area contributed by atoms with E-state index >= 15 is 4.39 Å². The molecule has 0 amide bonds. The van der Waals surface area contributed by atoms with Crippen molar-refractivity contribution in [3.8, 4) is 0 Å². The molecular weight excluding hydrogens is 319 g/mol. The van der Waals surface area contributed by atoms with Crippen LogP contribution in [0.25, 0.3) is 10.9 Å². The fraction of sp³-hybridized carbons (Fsp3) is 0.526. The molecule has 4 rings (SSSR count). The van der Waals surface area contributed by atoms with Crippen molar-refractivity contribution in [2.75, 3.05) is 25.0 Å². The van der Waals surface area contributed by atoms with E-state index in [1.807, 2.05) is 18.5 Å². The van der Waals surface area contributed by atoms with Crippen LogP contribution < -0.4 is 21.5 Å². The first kappa shape index (κ1) is 16.5. The standard InChI is InChI=1S/C19H25FN4O/c1-11-18-15(12(9-21)7-17(25)24(18)14-3-4-14)8-16(20)19(11)23-6-5-13(10-23)22-2/h7-8,13-14,22H,3-6,9-10,21H2,1-2H3. The Balaban J connectivity index is 1.97. The number of pyridine rings is 1. The zero-order valence-corrected chi connectivity index (χ0v) is 14.8. The highest BCUT2D eigenvalue weighted by Gasteiger charge is 2.30. The number of rotatable bonds is 4. The van der Waals surface area contributed by atoms with Crippen LogP contribution in [0.4, 0.5) is 10.1 Å². The van der Waals surface area contributed by atoms with Crippen LogP contribution in [-0.4, -0.2) is 30.7 Å². The number of halogens is 1. The fourth-order valence-electron chi connectivity index (χ4n) is 4.17. The average Bonchev–Trinajstić information content (AvgIpc) is 3.32. The van der Waals surface area contributed by atoms with Gasteiger partial charge in [0.25, 0.3) is 5.56 Å². The molecule has 2 aliphatic rings. The lowest BCUT2D eigenvalue weighted by Crippen LogP contribution is -2.30. The molecule has 1 aromatic carbocycles. The predicted octanol–water partition coefficient (Wildman–Crippen LogP) is 2.04. The number of aromatic nitrogens is 1. The molecule has 6 heteroatoms. The van der Waals surface area contributed by atoms with Gasteiger partial charge < -0.3 is 20.5 Å². The van der Waals surface area contributed by atoms with E-state index in [0.717, 1.165) is 54.4 Å². The Hall–Kier alpha value is -1.92. The molecule has 1 saturated carbocycles. The zero-order chi connectivity index (χ0) is 17.7. The third-order valence-corrected chi connectivity index (χ3v) is 5.63. The van der Waals surface area contributed by atoms with Crippen molar-refractivity contribution in [1.29, 1.82) is 0 Å². The van der Waals surface area contributed by atoms with Gasteiger partial charge in [-0.1, -0.05) is 0 Å². The Morgan fingerprint density at radius 1 is 1.32 bits per heavy atom. The molecule has 25 heavy (non-hydrogen) atoms. The smallest absolute Gasteiger partial charge is 0.251 e. The van der Waals surface area contributed by atoms with Gasteiger partial charge in [-0.2, -0.15) is 0 Å². The van der Waals surface area contributed by atoms with Gasteiger partial charge in [-0.05, 0) is 50.4 Å². The molecule has 0 spiro atoms. The number of nitrogens with two attached hydrogens (primary N) is 1. The second-order valence-electron chi connectivity index (χ2n) is 7.26. The summed E-state index contributed by atoms with van der Waals surface area (Å²) in [6, 6.07) is 3.76. The van der Waals surface area contributed by atoms with E-state index in [1.54, 1.807) is 12.1 Å². The summed E-state index contributed by atoms with van der Waals surface area (Å²) in [5.41, 5.74) is 8.88. The first-order valence-corrected chi connectivity index (χ1v) is 9.04. The van der Waals surface area contributed by atoms with Crippen LogP contribution in [0.5, 0.6) is 0 Å². The van der Waals surface area contributed by atoms with Gasteiger partial charge in [0.15, 0.2) is 0 Å². The topological polar surface area (TPSA) is 63.3 Å². The Bertz CT molecular complexity index is 887. The monoisotopic (exact) mass is 344 g/mol. The Kier molecular flexibility index (Phi) is 4.04. The minimum absolute atomic E-state index is 0.0226. The third-order valence-electron chi connectivity index (χ3n) is 5.63. The molecular formula is C19H25FN4O. The van der Waals surface area contributed by atoms with Crippen LogP contribution in [0.1, 0.15) is 36.4 Å². The van der Waals surface area contributed by atoms with Gasteiger partial charge in [0.05, 0.1) is 11.2 Å². The van der Waals surface area contributed by atoms with E-state index in [1.165, 1.54) is 0 Å². The second-order valence-corrected chi connectivity index (χ2v) is 7.26. The fourth-order valence-corrected chi connectivity index (χ4v) is 4.17. The largest absolute Gasteiger partial charge is 0.367 e. The molecule has 0 radical (unpaired) electrons. The van der Waals surface area contributed by atoms with Gasteiger partial charge in [-0.25, -0.2) is 4.39 Å². The van der Waals surface area contributed by atoms with Crippen LogP contribution in [0.2, 0.25) is 0 Å². The number of benzene rings is 1. The van der Waals surface area contributed by atoms with Crippen LogP contribution in [0, 0.1) is 12.7 Å². The van der Waals surface area contributed by atoms with E-state index in [0.29, 0.717) is 11.7 Å². The van der Waals surface area contributed by atoms with Crippen LogP contribution in [0.3, 0.4) is 0 Å². The minimum atomic E-state index is -0.225. The molecule has 2 fully saturated rings. The Morgan fingerprint density at radius 2 is 2.08 bits per heavy atom. The van der Waals surface area contributed by atoms with E-state index in [2.05, 4.69) is 10.2 Å². The van der Waals surface area contributed by atoms with Crippen molar-refractivity contribution in [3.63, 3.8) is 0 Å². The average molecular weight is 344 g/mol. The Morgan fingerprint density at radius 3 is 2.68 bits per heavy atom. The zero-order valence-electron chi connectivity index (χ0n) is 14.8. The van der Waals surface area contributed by atoms with Gasteiger partial charge in [-0.15, -0.1) is 0 Å². The lowest BCUT2D eigenvalue weighted by atomic mass is 10.0. The predicted molar refractivity (Wildman–Crippen MR) is 98.7 cm³/mol. The maximum Gasteiger partial charge on any atom is 0.251 e. The lowest BCUT2D eigenvalue weighted by molar-refractivity contribution is 0.608. The molecule has 3 N–H and O–H groups in total. The number of likely N-dealkylation sites (N-methyl/N-ethyl adjacent to an activating group) is 1. The van der Waals surface area contributed by atoms with Gasteiger partial charge in [-0.3, -0.25) is 4.79 Å². The molecule has 0 bridgehead atoms. The highest BCUT2D eigenvalue weighted by atomic mass is 19.1. The van der Waals surface area contributed by atoms with Gasteiger partial charge >= 0.3 is 0 Å². The highest BCUT2D eigenvalue weighted by Crippen LogP contribution is 2.40. The molecule has 2 aromatic rings. The summed E-state index contributed by atoms with van der Waals surface area (Å²) in [6.45, 7) is 3.77. The van der Waals surface area contributed by atoms with Crippen molar-refractivity contribution in [1.82, 2.24) is 9.88 Å². The van der Waals surface area contributed by atoms with Crippen molar-refractivity contribution in [2.45, 2.75) is 44.8 Å². The van der Waals surface area contributed by atoms with Crippen molar-refractivity contribution in [3.05, 3.63) is 39.4 Å². The maximum atomic E-state index is 15.0. The number of aryl methyl sites for hydroxylation is 1. The van der Waals surface area contributed by atoms with Crippen LogP contribution >= 0.6 is 0 Å². The number of anilines is 1. The summed E-state index contributed by atoms with van der Waals surface area (Å²) in [7, 11) is 1.94. The first-order valence-electron chi connectivity index (χ1n) is 9.04. The van der Waals surface area contributed by atoms with E-state index in [-0.39, 0.29) is 24.0 Å². The molecule has 1 unspecified atom stereocenters. The number of nitrogens with zero attached hydrogens (tertiary/aromatic N) is 2. The second kappa shape index (κ2) is 6.11. The summed E-state index contributed by atoms with van der Waals surface area (Å²) in [5, 5.41) is 4.05. The minimum Gasteiger partial charge on any atom is -0.367 e. The van der Waals surface area contributed by atoms with Crippen molar-refractivity contribution < 1.29 is 4.39 Å². The Labute approximate surface area is 146 Å². The molecule has 1 aromatic heterocycles. The number of hydrogen-bond donors (Lipinski definition) is 2. The molecule has 5 nitrogen and oxygen atoms in total. The normalized spacial score (nSPS) is 20.6. The van der Waals surface area contributed by atoms with Gasteiger partial charge in [0.1, 0.15) is 5.82 Å². The quantitative estimate of drug-likeness (QED) is 0.891. The summed E-state index contributed by atoms with van der Waals surface area (Å²) < 4.78 is 16.9. The highest BCUT2D eigenvalue weighted by molar-refractivity contribution is 5.90. The lowest BCUT2D eigenvalue weighted by Gasteiger charge is -2.25.